The average Bonchev–Trinajstić information content (AvgIpc) is 2.70. The van der Waals surface area contributed by atoms with E-state index in [1.54, 1.807) is 24.3 Å². The van der Waals surface area contributed by atoms with Gasteiger partial charge in [-0.1, -0.05) is 29.3 Å². The minimum atomic E-state index is -0.481. The van der Waals surface area contributed by atoms with Crippen LogP contribution < -0.4 is 15.4 Å². The summed E-state index contributed by atoms with van der Waals surface area (Å²) in [5, 5.41) is 5.94. The van der Waals surface area contributed by atoms with Crippen molar-refractivity contribution in [3.05, 3.63) is 82.6 Å². The molecule has 0 bridgehead atoms. The van der Waals surface area contributed by atoms with E-state index in [1.807, 2.05) is 31.2 Å². The molecule has 0 aliphatic heterocycles. The van der Waals surface area contributed by atoms with Gasteiger partial charge in [-0.25, -0.2) is 0 Å². The molecule has 28 heavy (non-hydrogen) atoms. The summed E-state index contributed by atoms with van der Waals surface area (Å²) in [6.07, 6.45) is 1.41. The fraction of sp³-hybridized carbons (Fsp3) is 0.0952. The number of aryl methyl sites for hydroxylation is 1. The van der Waals surface area contributed by atoms with Gasteiger partial charge in [0.15, 0.2) is 0 Å². The topological polar surface area (TPSA) is 80.3 Å². The van der Waals surface area contributed by atoms with E-state index < -0.39 is 5.91 Å². The van der Waals surface area contributed by atoms with Crippen molar-refractivity contribution in [1.82, 2.24) is 4.98 Å². The summed E-state index contributed by atoms with van der Waals surface area (Å²) in [4.78, 5) is 29.1. The van der Waals surface area contributed by atoms with E-state index in [0.29, 0.717) is 27.7 Å². The molecule has 2 amide bonds. The van der Waals surface area contributed by atoms with Gasteiger partial charge in [-0.15, -0.1) is 0 Å². The Hall–Kier alpha value is -3.38. The van der Waals surface area contributed by atoms with E-state index in [0.717, 1.165) is 5.56 Å². The SMILES string of the molecule is COc1ccc(Cl)cc1NC(=O)c1cc(C(=O)Nc2ccc(C)cc2)ccn1. The van der Waals surface area contributed by atoms with Crippen molar-refractivity contribution >= 4 is 34.8 Å². The highest BCUT2D eigenvalue weighted by Gasteiger charge is 2.14. The Morgan fingerprint density at radius 3 is 2.43 bits per heavy atom. The van der Waals surface area contributed by atoms with Crippen LogP contribution in [-0.2, 0) is 0 Å². The van der Waals surface area contributed by atoms with Crippen LogP contribution in [0.25, 0.3) is 0 Å². The maximum Gasteiger partial charge on any atom is 0.274 e. The molecule has 0 aliphatic rings. The monoisotopic (exact) mass is 395 g/mol. The van der Waals surface area contributed by atoms with Gasteiger partial charge in [0.25, 0.3) is 11.8 Å². The molecular weight excluding hydrogens is 378 g/mol. The van der Waals surface area contributed by atoms with E-state index in [9.17, 15) is 9.59 Å². The van der Waals surface area contributed by atoms with Gasteiger partial charge in [0.2, 0.25) is 0 Å². The highest BCUT2D eigenvalue weighted by Crippen LogP contribution is 2.28. The standard InChI is InChI=1S/C21H18ClN3O3/c1-13-3-6-16(7-4-13)24-20(26)14-9-10-23-18(11-14)21(27)25-17-12-15(22)5-8-19(17)28-2/h3-12H,1-2H3,(H,24,26)(H,25,27). The Morgan fingerprint density at radius 2 is 1.71 bits per heavy atom. The Kier molecular flexibility index (Phi) is 5.91. The van der Waals surface area contributed by atoms with Gasteiger partial charge in [-0.2, -0.15) is 0 Å². The number of anilines is 2. The first kappa shape index (κ1) is 19.4. The molecule has 0 radical (unpaired) electrons. The third-order valence-corrected chi connectivity index (χ3v) is 4.21. The molecule has 0 aliphatic carbocycles. The molecule has 2 aromatic carbocycles. The van der Waals surface area contributed by atoms with Crippen LogP contribution in [0.3, 0.4) is 0 Å². The quantitative estimate of drug-likeness (QED) is 0.663. The first-order chi connectivity index (χ1) is 13.5. The smallest absolute Gasteiger partial charge is 0.274 e. The van der Waals surface area contributed by atoms with Gasteiger partial charge in [0.05, 0.1) is 12.8 Å². The number of halogens is 1. The largest absolute Gasteiger partial charge is 0.495 e. The van der Waals surface area contributed by atoms with Crippen LogP contribution in [0.15, 0.2) is 60.8 Å². The van der Waals surface area contributed by atoms with Crippen molar-refractivity contribution < 1.29 is 14.3 Å². The molecule has 0 atom stereocenters. The first-order valence-corrected chi connectivity index (χ1v) is 8.83. The number of carbonyl (C=O) groups excluding carboxylic acids is 2. The molecule has 0 spiro atoms. The number of rotatable bonds is 5. The molecular formula is C21H18ClN3O3. The zero-order chi connectivity index (χ0) is 20.1. The van der Waals surface area contributed by atoms with Gasteiger partial charge in [-0.05, 0) is 49.4 Å². The summed E-state index contributed by atoms with van der Waals surface area (Å²) in [6.45, 7) is 1.97. The van der Waals surface area contributed by atoms with E-state index in [1.165, 1.54) is 19.4 Å². The summed E-state index contributed by atoms with van der Waals surface area (Å²) in [7, 11) is 1.49. The highest BCUT2D eigenvalue weighted by atomic mass is 35.5. The Bertz CT molecular complexity index is 1020. The normalized spacial score (nSPS) is 10.2. The summed E-state index contributed by atoms with van der Waals surface area (Å²) in [5.41, 5.74) is 2.59. The van der Waals surface area contributed by atoms with E-state index in [2.05, 4.69) is 15.6 Å². The molecule has 0 unspecified atom stereocenters. The first-order valence-electron chi connectivity index (χ1n) is 8.45. The number of aromatic nitrogens is 1. The average molecular weight is 396 g/mol. The summed E-state index contributed by atoms with van der Waals surface area (Å²) >= 11 is 5.98. The summed E-state index contributed by atoms with van der Waals surface area (Å²) < 4.78 is 5.22. The maximum absolute atomic E-state index is 12.6. The second-order valence-electron chi connectivity index (χ2n) is 6.05. The summed E-state index contributed by atoms with van der Waals surface area (Å²) in [6, 6.07) is 15.3. The predicted molar refractivity (Wildman–Crippen MR) is 109 cm³/mol. The Morgan fingerprint density at radius 1 is 0.964 bits per heavy atom. The molecule has 1 aromatic heterocycles. The van der Waals surface area contributed by atoms with E-state index in [-0.39, 0.29) is 11.6 Å². The molecule has 0 saturated heterocycles. The van der Waals surface area contributed by atoms with Crippen LogP contribution in [0.4, 0.5) is 11.4 Å². The van der Waals surface area contributed by atoms with Gasteiger partial charge >= 0.3 is 0 Å². The molecule has 3 rings (SSSR count). The highest BCUT2D eigenvalue weighted by molar-refractivity contribution is 6.31. The van der Waals surface area contributed by atoms with E-state index >= 15 is 0 Å². The van der Waals surface area contributed by atoms with Crippen molar-refractivity contribution in [1.29, 1.82) is 0 Å². The van der Waals surface area contributed by atoms with Crippen molar-refractivity contribution in [2.75, 3.05) is 17.7 Å². The number of ether oxygens (including phenoxy) is 1. The number of nitrogens with one attached hydrogen (secondary N) is 2. The van der Waals surface area contributed by atoms with Crippen LogP contribution in [-0.4, -0.2) is 23.9 Å². The van der Waals surface area contributed by atoms with Gasteiger partial charge in [-0.3, -0.25) is 14.6 Å². The Labute approximate surface area is 167 Å². The lowest BCUT2D eigenvalue weighted by molar-refractivity contribution is 0.102. The molecule has 0 saturated carbocycles. The molecule has 6 nitrogen and oxygen atoms in total. The number of amides is 2. The number of carbonyl (C=O) groups is 2. The number of methoxy groups -OCH3 is 1. The van der Waals surface area contributed by atoms with Gasteiger partial charge in [0, 0.05) is 22.5 Å². The third kappa shape index (κ3) is 4.66. The lowest BCUT2D eigenvalue weighted by Gasteiger charge is -2.11. The molecule has 1 heterocycles. The van der Waals surface area contributed by atoms with Crippen molar-refractivity contribution in [3.8, 4) is 5.75 Å². The fourth-order valence-electron chi connectivity index (χ4n) is 2.50. The number of hydrogen-bond donors (Lipinski definition) is 2. The second kappa shape index (κ2) is 8.54. The van der Waals surface area contributed by atoms with Crippen LogP contribution in [0.2, 0.25) is 5.02 Å². The van der Waals surface area contributed by atoms with E-state index in [4.69, 9.17) is 16.3 Å². The zero-order valence-corrected chi connectivity index (χ0v) is 16.1. The minimum Gasteiger partial charge on any atom is -0.495 e. The lowest BCUT2D eigenvalue weighted by atomic mass is 10.2. The fourth-order valence-corrected chi connectivity index (χ4v) is 2.67. The van der Waals surface area contributed by atoms with Crippen molar-refractivity contribution in [2.24, 2.45) is 0 Å². The Balaban J connectivity index is 1.77. The zero-order valence-electron chi connectivity index (χ0n) is 15.3. The number of nitrogens with zero attached hydrogens (tertiary/aromatic N) is 1. The lowest BCUT2D eigenvalue weighted by Crippen LogP contribution is -2.17. The molecule has 7 heteroatoms. The molecule has 3 aromatic rings. The van der Waals surface area contributed by atoms with Crippen LogP contribution in [0.5, 0.6) is 5.75 Å². The van der Waals surface area contributed by atoms with Gasteiger partial charge < -0.3 is 15.4 Å². The van der Waals surface area contributed by atoms with Crippen LogP contribution in [0, 0.1) is 6.92 Å². The summed E-state index contributed by atoms with van der Waals surface area (Å²) in [5.74, 6) is -0.350. The number of hydrogen-bond acceptors (Lipinski definition) is 4. The van der Waals surface area contributed by atoms with Crippen LogP contribution >= 0.6 is 11.6 Å². The second-order valence-corrected chi connectivity index (χ2v) is 6.49. The van der Waals surface area contributed by atoms with Gasteiger partial charge in [0.1, 0.15) is 11.4 Å². The van der Waals surface area contributed by atoms with Crippen molar-refractivity contribution in [3.63, 3.8) is 0 Å². The van der Waals surface area contributed by atoms with Crippen LogP contribution in [0.1, 0.15) is 26.4 Å². The molecule has 0 fully saturated rings. The minimum absolute atomic E-state index is 0.0959. The number of benzene rings is 2. The maximum atomic E-state index is 12.6. The van der Waals surface area contributed by atoms with Crippen molar-refractivity contribution in [2.45, 2.75) is 6.92 Å². The predicted octanol–water partition coefficient (Wildman–Crippen LogP) is 4.56. The number of pyridine rings is 1. The molecule has 2 N–H and O–H groups in total. The third-order valence-electron chi connectivity index (χ3n) is 3.97. The molecule has 142 valence electrons.